The van der Waals surface area contributed by atoms with Crippen molar-refractivity contribution in [3.05, 3.63) is 34.6 Å². The van der Waals surface area contributed by atoms with Crippen LogP contribution in [0.15, 0.2) is 18.2 Å². The van der Waals surface area contributed by atoms with Gasteiger partial charge in [0.25, 0.3) is 0 Å². The Hall–Kier alpha value is -0.350. The lowest BCUT2D eigenvalue weighted by molar-refractivity contribution is 0.197. The van der Waals surface area contributed by atoms with E-state index in [0.717, 1.165) is 5.56 Å². The summed E-state index contributed by atoms with van der Waals surface area (Å²) in [5.41, 5.74) is 0.851. The van der Waals surface area contributed by atoms with Gasteiger partial charge in [-0.05, 0) is 17.7 Å². The Kier molecular flexibility index (Phi) is 6.06. The van der Waals surface area contributed by atoms with Crippen molar-refractivity contribution < 1.29 is 9.13 Å². The maximum Gasteiger partial charge on any atom is 0.124 e. The minimum absolute atomic E-state index is 0.0794. The van der Waals surface area contributed by atoms with E-state index in [1.165, 1.54) is 12.1 Å². The number of alkyl halides is 1. The number of methoxy groups -OCH3 is 1. The zero-order chi connectivity index (χ0) is 12.0. The zero-order valence-electron chi connectivity index (χ0n) is 8.97. The van der Waals surface area contributed by atoms with Gasteiger partial charge in [-0.2, -0.15) is 0 Å². The molecule has 90 valence electrons. The van der Waals surface area contributed by atoms with Crippen LogP contribution in [0.25, 0.3) is 0 Å². The molecule has 0 saturated carbocycles. The van der Waals surface area contributed by atoms with E-state index in [2.05, 4.69) is 5.32 Å². The number of ether oxygens (including phenoxy) is 1. The SMILES string of the molecule is COCC(Cl)CNCc1ccc(F)cc1Cl. The van der Waals surface area contributed by atoms with Crippen LogP contribution in [0.4, 0.5) is 4.39 Å². The van der Waals surface area contributed by atoms with Crippen molar-refractivity contribution in [2.24, 2.45) is 0 Å². The minimum atomic E-state index is -0.330. The molecule has 0 aliphatic heterocycles. The van der Waals surface area contributed by atoms with Crippen LogP contribution in [0.3, 0.4) is 0 Å². The van der Waals surface area contributed by atoms with E-state index < -0.39 is 0 Å². The highest BCUT2D eigenvalue weighted by molar-refractivity contribution is 6.31. The van der Waals surface area contributed by atoms with Crippen LogP contribution in [-0.4, -0.2) is 25.6 Å². The predicted molar refractivity (Wildman–Crippen MR) is 64.6 cm³/mol. The second-order valence-corrected chi connectivity index (χ2v) is 4.44. The van der Waals surface area contributed by atoms with Crippen molar-refractivity contribution in [1.82, 2.24) is 5.32 Å². The summed E-state index contributed by atoms with van der Waals surface area (Å²) in [6.07, 6.45) is 0. The van der Waals surface area contributed by atoms with E-state index in [1.807, 2.05) is 0 Å². The maximum absolute atomic E-state index is 12.8. The summed E-state index contributed by atoms with van der Waals surface area (Å²) in [5, 5.41) is 3.47. The summed E-state index contributed by atoms with van der Waals surface area (Å²) in [5.74, 6) is -0.330. The van der Waals surface area contributed by atoms with Crippen LogP contribution in [-0.2, 0) is 11.3 Å². The first-order valence-corrected chi connectivity index (χ1v) is 5.72. The van der Waals surface area contributed by atoms with Crippen LogP contribution in [0.2, 0.25) is 5.02 Å². The minimum Gasteiger partial charge on any atom is -0.383 e. The van der Waals surface area contributed by atoms with E-state index in [0.29, 0.717) is 24.7 Å². The van der Waals surface area contributed by atoms with Gasteiger partial charge in [0.15, 0.2) is 0 Å². The lowest BCUT2D eigenvalue weighted by Gasteiger charge is -2.10. The van der Waals surface area contributed by atoms with Gasteiger partial charge in [0.05, 0.1) is 12.0 Å². The Labute approximate surface area is 105 Å². The summed E-state index contributed by atoms with van der Waals surface area (Å²) in [7, 11) is 1.60. The van der Waals surface area contributed by atoms with E-state index in [9.17, 15) is 4.39 Å². The first kappa shape index (κ1) is 13.7. The summed E-state index contributed by atoms with van der Waals surface area (Å²) >= 11 is 11.8. The van der Waals surface area contributed by atoms with Crippen molar-refractivity contribution in [2.45, 2.75) is 11.9 Å². The molecule has 2 nitrogen and oxygen atoms in total. The molecular formula is C11H14Cl2FNO. The van der Waals surface area contributed by atoms with E-state index in [-0.39, 0.29) is 11.2 Å². The van der Waals surface area contributed by atoms with E-state index >= 15 is 0 Å². The second kappa shape index (κ2) is 7.07. The molecule has 5 heteroatoms. The van der Waals surface area contributed by atoms with Gasteiger partial charge in [-0.25, -0.2) is 4.39 Å². The topological polar surface area (TPSA) is 21.3 Å². The van der Waals surface area contributed by atoms with Crippen LogP contribution in [0.1, 0.15) is 5.56 Å². The maximum atomic E-state index is 12.8. The van der Waals surface area contributed by atoms with Gasteiger partial charge >= 0.3 is 0 Å². The number of hydrogen-bond acceptors (Lipinski definition) is 2. The summed E-state index contributed by atoms with van der Waals surface area (Å²) in [4.78, 5) is 0. The molecule has 0 bridgehead atoms. The Morgan fingerprint density at radius 1 is 1.50 bits per heavy atom. The highest BCUT2D eigenvalue weighted by atomic mass is 35.5. The molecule has 0 fully saturated rings. The molecule has 1 unspecified atom stereocenters. The molecule has 0 aliphatic rings. The van der Waals surface area contributed by atoms with Gasteiger partial charge < -0.3 is 10.1 Å². The van der Waals surface area contributed by atoms with Crippen molar-refractivity contribution in [1.29, 1.82) is 0 Å². The average molecular weight is 266 g/mol. The highest BCUT2D eigenvalue weighted by Crippen LogP contribution is 2.16. The van der Waals surface area contributed by atoms with Crippen LogP contribution in [0.5, 0.6) is 0 Å². The molecule has 0 spiro atoms. The van der Waals surface area contributed by atoms with Crippen LogP contribution >= 0.6 is 23.2 Å². The quantitative estimate of drug-likeness (QED) is 0.799. The summed E-state index contributed by atoms with van der Waals surface area (Å²) in [6, 6.07) is 4.34. The number of halogens is 3. The predicted octanol–water partition coefficient (Wildman–Crippen LogP) is 2.82. The van der Waals surface area contributed by atoms with Gasteiger partial charge in [0.2, 0.25) is 0 Å². The largest absolute Gasteiger partial charge is 0.383 e. The lowest BCUT2D eigenvalue weighted by atomic mass is 10.2. The molecule has 1 aromatic rings. The fraction of sp³-hybridized carbons (Fsp3) is 0.455. The molecule has 0 radical (unpaired) electrons. The van der Waals surface area contributed by atoms with E-state index in [4.69, 9.17) is 27.9 Å². The number of rotatable bonds is 6. The number of benzene rings is 1. The Bertz CT molecular complexity index is 336. The summed E-state index contributed by atoms with van der Waals surface area (Å²) in [6.45, 7) is 1.67. The van der Waals surface area contributed by atoms with Crippen molar-refractivity contribution in [2.75, 3.05) is 20.3 Å². The third-order valence-electron chi connectivity index (χ3n) is 2.04. The normalized spacial score (nSPS) is 12.8. The molecule has 0 amide bonds. The highest BCUT2D eigenvalue weighted by Gasteiger charge is 2.05. The van der Waals surface area contributed by atoms with E-state index in [1.54, 1.807) is 13.2 Å². The molecular weight excluding hydrogens is 252 g/mol. The monoisotopic (exact) mass is 265 g/mol. The van der Waals surface area contributed by atoms with Gasteiger partial charge in [0.1, 0.15) is 5.82 Å². The smallest absolute Gasteiger partial charge is 0.124 e. The second-order valence-electron chi connectivity index (χ2n) is 3.42. The molecule has 0 aliphatic carbocycles. The van der Waals surface area contributed by atoms with Crippen molar-refractivity contribution >= 4 is 23.2 Å². The third kappa shape index (κ3) is 4.66. The first-order chi connectivity index (χ1) is 7.63. The molecule has 1 rings (SSSR count). The Morgan fingerprint density at radius 2 is 2.25 bits per heavy atom. The fourth-order valence-electron chi connectivity index (χ4n) is 1.27. The fourth-order valence-corrected chi connectivity index (χ4v) is 1.74. The number of hydrogen-bond donors (Lipinski definition) is 1. The zero-order valence-corrected chi connectivity index (χ0v) is 10.5. The first-order valence-electron chi connectivity index (χ1n) is 4.91. The molecule has 0 saturated heterocycles. The lowest BCUT2D eigenvalue weighted by Crippen LogP contribution is -2.25. The van der Waals surface area contributed by atoms with Crippen LogP contribution < -0.4 is 5.32 Å². The molecule has 0 heterocycles. The Balaban J connectivity index is 2.37. The Morgan fingerprint density at radius 3 is 2.88 bits per heavy atom. The third-order valence-corrected chi connectivity index (χ3v) is 2.68. The average Bonchev–Trinajstić information content (AvgIpc) is 2.22. The van der Waals surface area contributed by atoms with Crippen molar-refractivity contribution in [3.63, 3.8) is 0 Å². The van der Waals surface area contributed by atoms with Crippen LogP contribution in [0, 0.1) is 5.82 Å². The number of nitrogens with one attached hydrogen (secondary N) is 1. The summed E-state index contributed by atoms with van der Waals surface area (Å²) < 4.78 is 17.7. The molecule has 1 atom stereocenters. The van der Waals surface area contributed by atoms with Gasteiger partial charge in [-0.3, -0.25) is 0 Å². The molecule has 0 aromatic heterocycles. The molecule has 16 heavy (non-hydrogen) atoms. The van der Waals surface area contributed by atoms with Gasteiger partial charge in [-0.15, -0.1) is 11.6 Å². The van der Waals surface area contributed by atoms with Gasteiger partial charge in [-0.1, -0.05) is 17.7 Å². The molecule has 1 aromatic carbocycles. The standard InChI is InChI=1S/C11H14Cl2FNO/c1-16-7-9(12)6-15-5-8-2-3-10(14)4-11(8)13/h2-4,9,15H,5-7H2,1H3. The van der Waals surface area contributed by atoms with Gasteiger partial charge in [0, 0.05) is 25.2 Å². The molecule has 1 N–H and O–H groups in total. The van der Waals surface area contributed by atoms with Crippen molar-refractivity contribution in [3.8, 4) is 0 Å².